The zero-order valence-corrected chi connectivity index (χ0v) is 15.6. The summed E-state index contributed by atoms with van der Waals surface area (Å²) in [7, 11) is 0. The van der Waals surface area contributed by atoms with Crippen LogP contribution in [0, 0.1) is 5.82 Å². The molecule has 26 heavy (non-hydrogen) atoms. The molecule has 1 aliphatic rings. The first-order valence-electron chi connectivity index (χ1n) is 7.76. The molecule has 1 aliphatic carbocycles. The molecule has 0 amide bonds. The summed E-state index contributed by atoms with van der Waals surface area (Å²) in [5, 5.41) is 0.751. The Morgan fingerprint density at radius 1 is 1.12 bits per heavy atom. The number of allylic oxidation sites excluding steroid dienone is 2. The minimum absolute atomic E-state index is 0.320. The van der Waals surface area contributed by atoms with Gasteiger partial charge in [0.05, 0.1) is 20.5 Å². The summed E-state index contributed by atoms with van der Waals surface area (Å²) in [4.78, 5) is 12.9. The Hall–Kier alpha value is -1.37. The molecule has 0 saturated heterocycles. The first-order valence-corrected chi connectivity index (χ1v) is 9.39. The number of fused-ring (bicyclic) bond motifs is 1. The molecule has 0 fully saturated rings. The molecule has 1 aromatic carbocycles. The smallest absolute Gasteiger partial charge is 0.288 e. The molecule has 1 nitrogen and oxygen atoms in total. The minimum Gasteiger partial charge on any atom is -0.288 e. The Balaban J connectivity index is 2.06. The van der Waals surface area contributed by atoms with Crippen LogP contribution in [0.3, 0.4) is 0 Å². The molecule has 0 N–H and O–H groups in total. The molecule has 2 aromatic rings. The van der Waals surface area contributed by atoms with Gasteiger partial charge in [-0.2, -0.15) is 13.2 Å². The topological polar surface area (TPSA) is 17.1 Å². The number of benzene rings is 1. The fourth-order valence-corrected chi connectivity index (χ4v) is 4.52. The second kappa shape index (κ2) is 7.33. The van der Waals surface area contributed by atoms with Gasteiger partial charge < -0.3 is 0 Å². The Bertz CT molecular complexity index is 876. The van der Waals surface area contributed by atoms with Crippen molar-refractivity contribution in [1.82, 2.24) is 0 Å². The number of carbonyl (C=O) groups is 1. The van der Waals surface area contributed by atoms with Gasteiger partial charge in [-0.25, -0.2) is 4.39 Å². The molecule has 138 valence electrons. The minimum atomic E-state index is -4.82. The summed E-state index contributed by atoms with van der Waals surface area (Å²) in [5.74, 6) is -1.72. The van der Waals surface area contributed by atoms with Crippen molar-refractivity contribution in [3.8, 4) is 0 Å². The Kier molecular flexibility index (Phi) is 5.47. The van der Waals surface area contributed by atoms with E-state index in [0.717, 1.165) is 53.9 Å². The number of carbonyl (C=O) groups excluding carboxylic acids is 1. The summed E-state index contributed by atoms with van der Waals surface area (Å²) < 4.78 is 54.1. The van der Waals surface area contributed by atoms with E-state index in [9.17, 15) is 22.4 Å². The average molecular weight is 423 g/mol. The first-order chi connectivity index (χ1) is 12.2. The molecule has 1 heterocycles. The maximum atomic E-state index is 13.5. The first kappa shape index (κ1) is 19.4. The highest BCUT2D eigenvalue weighted by atomic mass is 35.5. The molecule has 0 unspecified atom stereocenters. The van der Waals surface area contributed by atoms with Crippen molar-refractivity contribution in [3.63, 3.8) is 0 Å². The van der Waals surface area contributed by atoms with E-state index >= 15 is 0 Å². The normalized spacial score (nSPS) is 15.1. The molecule has 0 bridgehead atoms. The quantitative estimate of drug-likeness (QED) is 0.227. The predicted molar refractivity (Wildman–Crippen MR) is 95.7 cm³/mol. The van der Waals surface area contributed by atoms with Crippen molar-refractivity contribution >= 4 is 45.9 Å². The van der Waals surface area contributed by atoms with Gasteiger partial charge in [0.1, 0.15) is 0 Å². The zero-order valence-electron chi connectivity index (χ0n) is 13.2. The van der Waals surface area contributed by atoms with E-state index in [1.807, 2.05) is 5.38 Å². The van der Waals surface area contributed by atoms with Crippen molar-refractivity contribution in [1.29, 1.82) is 0 Å². The maximum absolute atomic E-state index is 13.5. The summed E-state index contributed by atoms with van der Waals surface area (Å²) in [6, 6.07) is 1.64. The number of alkyl halides is 3. The van der Waals surface area contributed by atoms with Crippen LogP contribution in [-0.4, -0.2) is 12.0 Å². The van der Waals surface area contributed by atoms with Gasteiger partial charge in [0.15, 0.2) is 11.6 Å². The molecule has 0 aliphatic heterocycles. The molecule has 1 aromatic heterocycles. The van der Waals surface area contributed by atoms with Gasteiger partial charge in [-0.05, 0) is 66.0 Å². The van der Waals surface area contributed by atoms with Crippen LogP contribution in [-0.2, 0) is 12.8 Å². The van der Waals surface area contributed by atoms with Crippen molar-refractivity contribution < 1.29 is 22.4 Å². The highest BCUT2D eigenvalue weighted by Gasteiger charge is 2.36. The summed E-state index contributed by atoms with van der Waals surface area (Å²) in [5.41, 5.74) is 0.204. The number of hydrogen-bond acceptors (Lipinski definition) is 2. The average Bonchev–Trinajstić information content (AvgIpc) is 3.00. The maximum Gasteiger partial charge on any atom is 0.417 e. The van der Waals surface area contributed by atoms with Gasteiger partial charge in [0.2, 0.25) is 0 Å². The lowest BCUT2D eigenvalue weighted by molar-refractivity contribution is -0.0689. The lowest BCUT2D eigenvalue weighted by Crippen LogP contribution is -2.13. The standard InChI is InChI=1S/C18H12Cl2F4OS/c19-13-5-10(6-14(20)16(13)21)12(18(22,23)24)7-15(25)17-11-4-2-1-3-9(11)8-26-17/h5-8H,1-4H2. The van der Waals surface area contributed by atoms with Gasteiger partial charge in [0.25, 0.3) is 0 Å². The van der Waals surface area contributed by atoms with Gasteiger partial charge in [0, 0.05) is 0 Å². The van der Waals surface area contributed by atoms with Crippen molar-refractivity contribution in [2.75, 3.05) is 0 Å². The van der Waals surface area contributed by atoms with Crippen LogP contribution in [0.25, 0.3) is 5.57 Å². The third kappa shape index (κ3) is 3.82. The van der Waals surface area contributed by atoms with Crippen LogP contribution in [0.5, 0.6) is 0 Å². The largest absolute Gasteiger partial charge is 0.417 e. The zero-order chi connectivity index (χ0) is 19.1. The number of halogens is 6. The molecule has 0 radical (unpaired) electrons. The van der Waals surface area contributed by atoms with Crippen molar-refractivity contribution in [2.24, 2.45) is 0 Å². The second-order valence-electron chi connectivity index (χ2n) is 5.95. The third-order valence-corrected chi connectivity index (χ3v) is 5.84. The van der Waals surface area contributed by atoms with Crippen LogP contribution in [0.15, 0.2) is 23.6 Å². The summed E-state index contributed by atoms with van der Waals surface area (Å²) in [6.07, 6.45) is -0.851. The van der Waals surface area contributed by atoms with Crippen molar-refractivity contribution in [3.05, 3.63) is 61.0 Å². The number of aryl methyl sites for hydroxylation is 1. The summed E-state index contributed by atoms with van der Waals surface area (Å²) >= 11 is 12.4. The molecule has 0 atom stereocenters. The summed E-state index contributed by atoms with van der Waals surface area (Å²) in [6.45, 7) is 0. The second-order valence-corrected chi connectivity index (χ2v) is 7.64. The van der Waals surface area contributed by atoms with Gasteiger partial charge in [-0.3, -0.25) is 4.79 Å². The molecular formula is C18H12Cl2F4OS. The van der Waals surface area contributed by atoms with Gasteiger partial charge in [-0.15, -0.1) is 11.3 Å². The Morgan fingerprint density at radius 3 is 2.35 bits per heavy atom. The van der Waals surface area contributed by atoms with Gasteiger partial charge >= 0.3 is 6.18 Å². The van der Waals surface area contributed by atoms with Crippen LogP contribution < -0.4 is 0 Å². The van der Waals surface area contributed by atoms with Gasteiger partial charge in [-0.1, -0.05) is 23.2 Å². The fraction of sp³-hybridized carbons (Fsp3) is 0.278. The van der Waals surface area contributed by atoms with E-state index in [1.165, 1.54) is 0 Å². The van der Waals surface area contributed by atoms with Crippen LogP contribution >= 0.6 is 34.5 Å². The van der Waals surface area contributed by atoms with Crippen LogP contribution in [0.1, 0.15) is 39.2 Å². The van der Waals surface area contributed by atoms with E-state index in [1.54, 1.807) is 0 Å². The fourth-order valence-electron chi connectivity index (χ4n) is 2.96. The third-order valence-electron chi connectivity index (χ3n) is 4.20. The van der Waals surface area contributed by atoms with Crippen LogP contribution in [0.4, 0.5) is 17.6 Å². The molecular weight excluding hydrogens is 411 g/mol. The SMILES string of the molecule is O=C(C=C(c1cc(Cl)c(F)c(Cl)c1)C(F)(F)F)c1scc2c1CCCC2. The van der Waals surface area contributed by atoms with Crippen molar-refractivity contribution in [2.45, 2.75) is 31.9 Å². The van der Waals surface area contributed by atoms with E-state index < -0.39 is 39.0 Å². The molecule has 3 rings (SSSR count). The molecule has 0 saturated carbocycles. The van der Waals surface area contributed by atoms with E-state index in [0.29, 0.717) is 17.4 Å². The molecule has 8 heteroatoms. The van der Waals surface area contributed by atoms with E-state index in [-0.39, 0.29) is 0 Å². The highest BCUT2D eigenvalue weighted by molar-refractivity contribution is 7.12. The highest BCUT2D eigenvalue weighted by Crippen LogP contribution is 2.38. The predicted octanol–water partition coefficient (Wildman–Crippen LogP) is 6.90. The number of ketones is 1. The molecule has 0 spiro atoms. The van der Waals surface area contributed by atoms with E-state index in [2.05, 4.69) is 0 Å². The van der Waals surface area contributed by atoms with Crippen LogP contribution in [0.2, 0.25) is 10.0 Å². The number of rotatable bonds is 3. The number of thiophene rings is 1. The lowest BCUT2D eigenvalue weighted by Gasteiger charge is -2.14. The Labute approximate surface area is 161 Å². The number of hydrogen-bond donors (Lipinski definition) is 0. The Morgan fingerprint density at radius 2 is 1.73 bits per heavy atom. The van der Waals surface area contributed by atoms with E-state index in [4.69, 9.17) is 23.2 Å². The lowest BCUT2D eigenvalue weighted by atomic mass is 9.92. The monoisotopic (exact) mass is 422 g/mol.